The largest absolute Gasteiger partial charge is 0.507 e. The van der Waals surface area contributed by atoms with E-state index < -0.39 is 77.5 Å². The molecule has 0 radical (unpaired) electrons. The summed E-state index contributed by atoms with van der Waals surface area (Å²) >= 11 is 6.82. The van der Waals surface area contributed by atoms with Crippen LogP contribution in [0.3, 0.4) is 0 Å². The number of rotatable bonds is 30. The second kappa shape index (κ2) is 41.4. The first-order valence-electron chi connectivity index (χ1n) is 39.6. The number of nitro groups is 4. The Morgan fingerprint density at radius 1 is 0.378 bits per heavy atom. The molecule has 38 nitrogen and oxygen atoms in total. The Labute approximate surface area is 737 Å². The summed E-state index contributed by atoms with van der Waals surface area (Å²) in [7, 11) is 0. The average Bonchev–Trinajstić information content (AvgIpc) is 1.61. The third-order valence-electron chi connectivity index (χ3n) is 20.9. The van der Waals surface area contributed by atoms with Gasteiger partial charge in [0.15, 0.2) is 11.4 Å². The second-order valence-corrected chi connectivity index (χ2v) is 30.3. The zero-order valence-electron chi connectivity index (χ0n) is 67.4. The van der Waals surface area contributed by atoms with Crippen molar-refractivity contribution in [2.24, 2.45) is 0 Å². The van der Waals surface area contributed by atoms with Crippen LogP contribution in [0.4, 0.5) is 34.1 Å². The maximum absolute atomic E-state index is 13.7. The van der Waals surface area contributed by atoms with Crippen molar-refractivity contribution >= 4 is 151 Å². The molecular weight excluding hydrogens is 1780 g/mol. The highest BCUT2D eigenvalue weighted by atomic mass is 79.9. The van der Waals surface area contributed by atoms with Gasteiger partial charge in [-0.2, -0.15) is 0 Å². The highest BCUT2D eigenvalue weighted by Crippen LogP contribution is 2.41. The van der Waals surface area contributed by atoms with Crippen molar-refractivity contribution in [3.05, 3.63) is 284 Å². The molecule has 654 valence electrons. The Kier molecular flexibility index (Phi) is 29.3. The Bertz CT molecular complexity index is 6080. The van der Waals surface area contributed by atoms with Crippen LogP contribution < -0.4 is 20.1 Å². The quantitative estimate of drug-likeness (QED) is 0.00800. The van der Waals surface area contributed by atoms with Crippen molar-refractivity contribution in [3.8, 4) is 28.6 Å². The van der Waals surface area contributed by atoms with Gasteiger partial charge in [-0.05, 0) is 129 Å². The molecule has 0 atom stereocenters. The Morgan fingerprint density at radius 2 is 0.709 bits per heavy atom. The number of fused-ring (bicyclic) bond motifs is 3. The highest BCUT2D eigenvalue weighted by molar-refractivity contribution is 9.11. The molecule has 0 saturated carbocycles. The predicted molar refractivity (Wildman–Crippen MR) is 469 cm³/mol. The molecule has 6 N–H and O–H groups in total. The summed E-state index contributed by atoms with van der Waals surface area (Å²) in [5.41, 5.74) is 2.27. The number of Topliss-reactive ketones (excluding diaryl/α,β-unsaturated/α-hetero) is 3. The second-order valence-electron chi connectivity index (χ2n) is 28.5. The lowest BCUT2D eigenvalue weighted by Gasteiger charge is -2.34. The number of hydrogen-bond donors (Lipinski definition) is 6. The fourth-order valence-electron chi connectivity index (χ4n) is 14.6. The number of aromatic hydroxyl groups is 1. The lowest BCUT2D eigenvalue weighted by molar-refractivity contribution is -0.392. The van der Waals surface area contributed by atoms with E-state index in [1.807, 2.05) is 18.2 Å². The van der Waals surface area contributed by atoms with Crippen molar-refractivity contribution in [3.63, 3.8) is 0 Å². The number of piperazine rings is 3. The summed E-state index contributed by atoms with van der Waals surface area (Å²) in [5, 5.41) is 62.0. The van der Waals surface area contributed by atoms with Crippen LogP contribution in [0.2, 0.25) is 0 Å². The molecule has 15 rings (SSSR count). The number of ketones is 3. The van der Waals surface area contributed by atoms with Crippen LogP contribution >= 0.6 is 31.9 Å². The summed E-state index contributed by atoms with van der Waals surface area (Å²) in [6.45, 7) is 3.75. The lowest BCUT2D eigenvalue weighted by Crippen LogP contribution is -2.52. The van der Waals surface area contributed by atoms with Gasteiger partial charge in [-0.1, -0.05) is 54.6 Å². The number of nitrogens with one attached hydrogen (secondary N) is 5. The summed E-state index contributed by atoms with van der Waals surface area (Å²) in [6.07, 6.45) is 5.88. The van der Waals surface area contributed by atoms with Gasteiger partial charge in [0.1, 0.15) is 36.2 Å². The summed E-state index contributed by atoms with van der Waals surface area (Å²) in [5.74, 6) is -3.40. The first kappa shape index (κ1) is 89.7. The van der Waals surface area contributed by atoms with Gasteiger partial charge in [0.2, 0.25) is 0 Å². The number of anilines is 2. The molecule has 3 fully saturated rings. The minimum Gasteiger partial charge on any atom is -0.507 e. The van der Waals surface area contributed by atoms with E-state index in [0.717, 1.165) is 0 Å². The predicted octanol–water partition coefficient (Wildman–Crippen LogP) is 12.1. The third kappa shape index (κ3) is 20.8. The summed E-state index contributed by atoms with van der Waals surface area (Å²) < 4.78 is 30.0. The molecular formula is C87H79Br2N15O23. The van der Waals surface area contributed by atoms with Gasteiger partial charge in [-0.3, -0.25) is 83.6 Å². The Morgan fingerprint density at radius 3 is 1.07 bits per heavy atom. The highest BCUT2D eigenvalue weighted by Gasteiger charge is 2.36. The maximum Gasteiger partial charge on any atom is 0.299 e. The van der Waals surface area contributed by atoms with Gasteiger partial charge in [0.05, 0.1) is 102 Å². The normalized spacial score (nSPS) is 13.2. The minimum atomic E-state index is -0.739. The van der Waals surface area contributed by atoms with Crippen molar-refractivity contribution in [2.75, 3.05) is 142 Å². The number of ether oxygens (including phenoxy) is 4. The number of para-hydroxylation sites is 2. The van der Waals surface area contributed by atoms with Gasteiger partial charge >= 0.3 is 0 Å². The number of aromatic nitrogens is 3. The zero-order valence-corrected chi connectivity index (χ0v) is 70.5. The topological polar surface area (TPSA) is 487 Å². The van der Waals surface area contributed by atoms with Crippen molar-refractivity contribution in [1.29, 1.82) is 0 Å². The number of nitrogens with zero attached hydrogens (tertiary/aromatic N) is 10. The number of nitro benzene ring substituents is 4. The molecule has 0 aliphatic carbocycles. The number of H-pyrrole nitrogens is 3. The smallest absolute Gasteiger partial charge is 0.299 e. The number of carbonyl (C=O) groups excluding carboxylic acids is 9. The van der Waals surface area contributed by atoms with Gasteiger partial charge in [-0.15, -0.1) is 0 Å². The lowest BCUT2D eigenvalue weighted by atomic mass is 10.0. The van der Waals surface area contributed by atoms with E-state index in [1.165, 1.54) is 82.0 Å². The molecule has 0 unspecified atom stereocenters. The van der Waals surface area contributed by atoms with Crippen LogP contribution in [0.5, 0.6) is 17.2 Å². The third-order valence-corrected chi connectivity index (χ3v) is 22.3. The molecule has 0 spiro atoms. The number of aromatic amines is 3. The standard InChI is InChI=1S/C35H32N6O10.C31H29BrN6O9.C21H18BrN3O4/c42-33(35(44)39-16-14-38(15-17-39)34(43)23-6-2-1-3-7-23)25-22-37-31-24(28-10-5-18-50-28)11-12-29(30(25)31)51-21-20-49-19-13-36-32-26(40(45)46)8-4-9-27(32)41(47)48;32-22-9-10-25(47-18-17-46-16-11-33-28-23(37(42)43)7-4-8-24(28)38(44)45)26-21(19-34-27(22)26)29(39)31(41)36-14-12-35(13-15-36)30(40)20-5-2-1-3-6-20;22-15-6-7-16(26)17-14(12-23-18(15)17)19(27)21(29)25-10-8-24(9-11-25)20(28)13-4-2-1-3-5-13/h1-12,18,22,36-37H,13-17,19-21H2;1-10,19,33-34H,11-18H2;1-7,12,23,26H,8-11H2. The molecule has 12 aromatic rings. The van der Waals surface area contributed by atoms with Gasteiger partial charge < -0.3 is 83.5 Å². The summed E-state index contributed by atoms with van der Waals surface area (Å²) in [6, 6.07) is 47.3. The van der Waals surface area contributed by atoms with Crippen LogP contribution in [0.15, 0.2) is 214 Å². The molecule has 7 heterocycles. The SMILES string of the molecule is O=C(C(=O)N1CCN(C(=O)c2ccccc2)CC1)c1c[nH]c2c(-c3ccco3)ccc(OCCOCCNc3c([N+](=O)[O-])cccc3[N+](=O)[O-])c12.O=C(C(=O)N1CCN(C(=O)c2ccccc2)CC1)c1c[nH]c2c(Br)ccc(O)c12.O=C(C(=O)N1CCN(C(=O)c2ccccc2)CC1)c1c[nH]c2c(Br)ccc(OCCOCCNc3c([N+](=O)[O-])cccc3[N+](=O)[O-])c12. The van der Waals surface area contributed by atoms with Crippen molar-refractivity contribution < 1.29 is 91.3 Å². The Balaban J connectivity index is 0.000000169. The molecule has 3 aliphatic heterocycles. The van der Waals surface area contributed by atoms with E-state index in [-0.39, 0.29) is 157 Å². The number of benzene rings is 8. The van der Waals surface area contributed by atoms with E-state index in [1.54, 1.807) is 130 Å². The fraction of sp³-hybridized carbons (Fsp3) is 0.230. The van der Waals surface area contributed by atoms with E-state index in [4.69, 9.17) is 23.4 Å². The first-order valence-corrected chi connectivity index (χ1v) is 41.2. The van der Waals surface area contributed by atoms with Gasteiger partial charge in [0.25, 0.3) is 75.5 Å². The number of phenols is 1. The van der Waals surface area contributed by atoms with E-state index >= 15 is 0 Å². The van der Waals surface area contributed by atoms with Crippen molar-refractivity contribution in [2.45, 2.75) is 0 Å². The molecule has 127 heavy (non-hydrogen) atoms. The van der Waals surface area contributed by atoms with Crippen molar-refractivity contribution in [1.82, 2.24) is 44.4 Å². The fourth-order valence-corrected chi connectivity index (χ4v) is 15.5. The molecule has 8 aromatic carbocycles. The molecule has 6 amide bonds. The van der Waals surface area contributed by atoms with Crippen LogP contribution in [-0.4, -0.2) is 253 Å². The molecule has 4 aromatic heterocycles. The molecule has 3 aliphatic rings. The van der Waals surface area contributed by atoms with Gasteiger partial charge in [-0.25, -0.2) is 0 Å². The number of carbonyl (C=O) groups is 9. The molecule has 0 bridgehead atoms. The number of phenolic OH excluding ortho intramolecular Hbond substituents is 1. The van der Waals surface area contributed by atoms with Crippen LogP contribution in [0, 0.1) is 40.5 Å². The van der Waals surface area contributed by atoms with Crippen LogP contribution in [-0.2, 0) is 23.9 Å². The monoisotopic (exact) mass is 1860 g/mol. The Hall–Kier alpha value is -15.0. The number of furan rings is 1. The zero-order chi connectivity index (χ0) is 90.0. The van der Waals surface area contributed by atoms with E-state index in [0.29, 0.717) is 107 Å². The maximum atomic E-state index is 13.7. The number of halogens is 2. The molecule has 3 saturated heterocycles. The molecule has 40 heteroatoms. The number of hydrogen-bond acceptors (Lipinski definition) is 25. The summed E-state index contributed by atoms with van der Waals surface area (Å²) in [4.78, 5) is 179. The van der Waals surface area contributed by atoms with Crippen LogP contribution in [0.1, 0.15) is 62.1 Å². The average molecular weight is 1860 g/mol. The van der Waals surface area contributed by atoms with E-state index in [2.05, 4.69) is 57.4 Å². The van der Waals surface area contributed by atoms with E-state index in [9.17, 15) is 88.7 Å². The van der Waals surface area contributed by atoms with Gasteiger partial charge in [0, 0.05) is 166 Å². The minimum absolute atomic E-state index is 0.0327. The first-order chi connectivity index (χ1) is 61.4. The number of amides is 6. The van der Waals surface area contributed by atoms with Crippen LogP contribution in [0.25, 0.3) is 44.0 Å².